The van der Waals surface area contributed by atoms with Gasteiger partial charge in [0.25, 0.3) is 11.8 Å². The zero-order valence-electron chi connectivity index (χ0n) is 14.0. The molecule has 3 amide bonds. The van der Waals surface area contributed by atoms with Gasteiger partial charge in [0.15, 0.2) is 13.2 Å². The van der Waals surface area contributed by atoms with Gasteiger partial charge in [0, 0.05) is 11.9 Å². The largest absolute Gasteiger partial charge is 0.484 e. The fraction of sp³-hybridized carbons (Fsp3) is 0.438. The highest BCUT2D eigenvalue weighted by molar-refractivity contribution is 6.30. The third-order valence-corrected chi connectivity index (χ3v) is 4.10. The van der Waals surface area contributed by atoms with Crippen molar-refractivity contribution in [3.05, 3.63) is 29.3 Å². The lowest BCUT2D eigenvalue weighted by atomic mass is 10.3. The molecule has 8 nitrogen and oxygen atoms in total. The predicted molar refractivity (Wildman–Crippen MR) is 91.1 cm³/mol. The number of halogens is 1. The number of piperazine rings is 1. The average molecular weight is 370 g/mol. The van der Waals surface area contributed by atoms with E-state index >= 15 is 0 Å². The molecule has 1 saturated heterocycles. The van der Waals surface area contributed by atoms with Crippen LogP contribution in [0, 0.1) is 0 Å². The third-order valence-electron chi connectivity index (χ3n) is 3.85. The zero-order valence-corrected chi connectivity index (χ0v) is 14.8. The molecule has 1 aromatic rings. The summed E-state index contributed by atoms with van der Waals surface area (Å²) in [5, 5.41) is 0.579. The van der Waals surface area contributed by atoms with Crippen LogP contribution in [0.2, 0.25) is 5.02 Å². The Balaban J connectivity index is 1.62. The second kappa shape index (κ2) is 9.24. The summed E-state index contributed by atoms with van der Waals surface area (Å²) in [6.45, 7) is 4.26. The molecule has 0 spiro atoms. The fourth-order valence-corrected chi connectivity index (χ4v) is 2.57. The average Bonchev–Trinajstić information content (AvgIpc) is 2.60. The number of ether oxygens (including phenoxy) is 1. The first-order valence-electron chi connectivity index (χ1n) is 7.99. The number of nitrogens with zero attached hydrogens (tertiary/aromatic N) is 1. The first kappa shape index (κ1) is 19.0. The topological polar surface area (TPSA) is 92.2 Å². The highest BCUT2D eigenvalue weighted by Gasteiger charge is 2.23. The molecule has 1 aliphatic rings. The van der Waals surface area contributed by atoms with E-state index in [1.165, 1.54) is 0 Å². The highest BCUT2D eigenvalue weighted by atomic mass is 35.5. The van der Waals surface area contributed by atoms with Gasteiger partial charge in [0.05, 0.1) is 26.2 Å². The number of nitrogens with one attached hydrogen (secondary N) is 3. The number of hydrogen-bond acceptors (Lipinski definition) is 4. The van der Waals surface area contributed by atoms with Crippen LogP contribution < -0.4 is 20.5 Å². The van der Waals surface area contributed by atoms with Gasteiger partial charge < -0.3 is 14.5 Å². The molecule has 25 heavy (non-hydrogen) atoms. The van der Waals surface area contributed by atoms with Crippen molar-refractivity contribution in [3.8, 4) is 5.75 Å². The van der Waals surface area contributed by atoms with Crippen LogP contribution in [0.5, 0.6) is 5.75 Å². The van der Waals surface area contributed by atoms with E-state index in [0.29, 0.717) is 37.0 Å². The summed E-state index contributed by atoms with van der Waals surface area (Å²) in [6.07, 6.45) is 0. The molecular formula is C16H22ClN4O4+. The van der Waals surface area contributed by atoms with Crippen molar-refractivity contribution in [1.82, 2.24) is 15.8 Å². The molecule has 1 aromatic carbocycles. The number of carbonyl (C=O) groups excluding carboxylic acids is 3. The van der Waals surface area contributed by atoms with Crippen molar-refractivity contribution >= 4 is 29.3 Å². The van der Waals surface area contributed by atoms with Gasteiger partial charge in [-0.25, -0.2) is 0 Å². The summed E-state index contributed by atoms with van der Waals surface area (Å²) in [6, 6.07) is 6.62. The van der Waals surface area contributed by atoms with Gasteiger partial charge >= 0.3 is 0 Å². The van der Waals surface area contributed by atoms with Crippen molar-refractivity contribution in [2.45, 2.75) is 6.92 Å². The van der Waals surface area contributed by atoms with Crippen LogP contribution in [-0.2, 0) is 14.4 Å². The molecule has 2 rings (SSSR count). The SMILES string of the molecule is CC(=O)N1CC[NH+](CC(=O)NNC(=O)COc2ccc(Cl)cc2)CC1. The summed E-state index contributed by atoms with van der Waals surface area (Å²) >= 11 is 5.76. The third kappa shape index (κ3) is 6.60. The standard InChI is InChI=1S/C16H21ClN4O4/c1-12(22)21-8-6-20(7-9-21)10-15(23)18-19-16(24)11-25-14-4-2-13(17)3-5-14/h2-5H,6-11H2,1H3,(H,18,23)(H,19,24)/p+1. The predicted octanol–water partition coefficient (Wildman–Crippen LogP) is -1.39. The van der Waals surface area contributed by atoms with Crippen LogP contribution in [-0.4, -0.2) is 62.0 Å². The monoisotopic (exact) mass is 369 g/mol. The Kier molecular flexibility index (Phi) is 7.03. The molecule has 9 heteroatoms. The summed E-state index contributed by atoms with van der Waals surface area (Å²) in [4.78, 5) is 37.6. The van der Waals surface area contributed by atoms with E-state index in [0.717, 1.165) is 4.90 Å². The second-order valence-electron chi connectivity index (χ2n) is 5.77. The molecule has 0 aromatic heterocycles. The number of hydrogen-bond donors (Lipinski definition) is 3. The summed E-state index contributed by atoms with van der Waals surface area (Å²) in [5.41, 5.74) is 4.68. The van der Waals surface area contributed by atoms with Crippen LogP contribution in [0.4, 0.5) is 0 Å². The Bertz CT molecular complexity index is 615. The molecule has 1 aliphatic heterocycles. The second-order valence-corrected chi connectivity index (χ2v) is 6.21. The molecule has 0 unspecified atom stereocenters. The van der Waals surface area contributed by atoms with Gasteiger partial charge in [-0.2, -0.15) is 0 Å². The minimum absolute atomic E-state index is 0.0523. The van der Waals surface area contributed by atoms with Crippen LogP contribution >= 0.6 is 11.6 Å². The first-order chi connectivity index (χ1) is 11.9. The normalized spacial score (nSPS) is 14.7. The van der Waals surface area contributed by atoms with Crippen molar-refractivity contribution in [2.75, 3.05) is 39.3 Å². The number of rotatable bonds is 5. The number of carbonyl (C=O) groups is 3. The minimum Gasteiger partial charge on any atom is -0.484 e. The van der Waals surface area contributed by atoms with Gasteiger partial charge in [0.1, 0.15) is 5.75 Å². The highest BCUT2D eigenvalue weighted by Crippen LogP contribution is 2.15. The molecule has 0 saturated carbocycles. The van der Waals surface area contributed by atoms with E-state index in [2.05, 4.69) is 10.9 Å². The van der Waals surface area contributed by atoms with Gasteiger partial charge in [-0.05, 0) is 24.3 Å². The summed E-state index contributed by atoms with van der Waals surface area (Å²) < 4.78 is 5.27. The number of amides is 3. The van der Waals surface area contributed by atoms with Gasteiger partial charge in [-0.15, -0.1) is 0 Å². The minimum atomic E-state index is -0.459. The molecule has 0 atom stereocenters. The number of benzene rings is 1. The maximum absolute atomic E-state index is 11.9. The zero-order chi connectivity index (χ0) is 18.2. The Morgan fingerprint density at radius 1 is 1.12 bits per heavy atom. The van der Waals surface area contributed by atoms with E-state index < -0.39 is 5.91 Å². The summed E-state index contributed by atoms with van der Waals surface area (Å²) in [5.74, 6) is -0.180. The number of hydrazine groups is 1. The lowest BCUT2D eigenvalue weighted by Gasteiger charge is -2.31. The molecule has 1 fully saturated rings. The van der Waals surface area contributed by atoms with Crippen LogP contribution in [0.25, 0.3) is 0 Å². The fourth-order valence-electron chi connectivity index (χ4n) is 2.44. The molecule has 0 radical (unpaired) electrons. The Morgan fingerprint density at radius 2 is 1.72 bits per heavy atom. The lowest BCUT2D eigenvalue weighted by Crippen LogP contribution is -3.16. The van der Waals surface area contributed by atoms with Gasteiger partial charge in [-0.3, -0.25) is 25.2 Å². The molecule has 136 valence electrons. The van der Waals surface area contributed by atoms with E-state index in [1.54, 1.807) is 36.1 Å². The lowest BCUT2D eigenvalue weighted by molar-refractivity contribution is -0.896. The van der Waals surface area contributed by atoms with E-state index in [1.807, 2.05) is 0 Å². The molecule has 3 N–H and O–H groups in total. The van der Waals surface area contributed by atoms with Crippen molar-refractivity contribution < 1.29 is 24.0 Å². The maximum Gasteiger partial charge on any atom is 0.293 e. The van der Waals surface area contributed by atoms with Crippen LogP contribution in [0.3, 0.4) is 0 Å². The quantitative estimate of drug-likeness (QED) is 0.557. The molecule has 1 heterocycles. The van der Waals surface area contributed by atoms with E-state index in [-0.39, 0.29) is 25.0 Å². The molecule has 0 aliphatic carbocycles. The maximum atomic E-state index is 11.9. The molecule has 0 bridgehead atoms. The Labute approximate surface area is 151 Å². The van der Waals surface area contributed by atoms with Gasteiger partial charge in [0.2, 0.25) is 5.91 Å². The van der Waals surface area contributed by atoms with Crippen LogP contribution in [0.1, 0.15) is 6.92 Å². The number of quaternary nitrogens is 1. The van der Waals surface area contributed by atoms with Crippen LogP contribution in [0.15, 0.2) is 24.3 Å². The van der Waals surface area contributed by atoms with E-state index in [9.17, 15) is 14.4 Å². The van der Waals surface area contributed by atoms with Crippen molar-refractivity contribution in [1.29, 1.82) is 0 Å². The van der Waals surface area contributed by atoms with E-state index in [4.69, 9.17) is 16.3 Å². The Morgan fingerprint density at radius 3 is 2.32 bits per heavy atom. The Hall–Kier alpha value is -2.32. The smallest absolute Gasteiger partial charge is 0.293 e. The van der Waals surface area contributed by atoms with Gasteiger partial charge in [-0.1, -0.05) is 11.6 Å². The molecular weight excluding hydrogens is 348 g/mol. The van der Waals surface area contributed by atoms with Crippen molar-refractivity contribution in [2.24, 2.45) is 0 Å². The van der Waals surface area contributed by atoms with Crippen molar-refractivity contribution in [3.63, 3.8) is 0 Å². The first-order valence-corrected chi connectivity index (χ1v) is 8.37. The summed E-state index contributed by atoms with van der Waals surface area (Å²) in [7, 11) is 0.